The summed E-state index contributed by atoms with van der Waals surface area (Å²) in [6.07, 6.45) is 1.59. The predicted octanol–water partition coefficient (Wildman–Crippen LogP) is 4.20. The van der Waals surface area contributed by atoms with E-state index in [0.717, 1.165) is 16.1 Å². The van der Waals surface area contributed by atoms with Gasteiger partial charge in [0.15, 0.2) is 0 Å². The van der Waals surface area contributed by atoms with Gasteiger partial charge >= 0.3 is 0 Å². The number of benzene rings is 1. The first kappa shape index (κ1) is 14.0. The Bertz CT molecular complexity index is 649. The monoisotopic (exact) mass is 342 g/mol. The van der Waals surface area contributed by atoms with Crippen molar-refractivity contribution in [2.24, 2.45) is 0 Å². The van der Waals surface area contributed by atoms with E-state index < -0.39 is 11.7 Å². The number of hydrogen-bond donors (Lipinski definition) is 1. The lowest BCUT2D eigenvalue weighted by molar-refractivity contribution is 0.102. The van der Waals surface area contributed by atoms with Gasteiger partial charge in [0.1, 0.15) is 11.6 Å². The minimum Gasteiger partial charge on any atom is -0.307 e. The fourth-order valence-corrected chi connectivity index (χ4v) is 1.77. The first-order valence-electron chi connectivity index (χ1n) is 5.36. The molecule has 0 bridgehead atoms. The van der Waals surface area contributed by atoms with Crippen molar-refractivity contribution in [1.29, 1.82) is 0 Å². The molecule has 0 saturated heterocycles. The molecule has 2 rings (SSSR count). The van der Waals surface area contributed by atoms with Gasteiger partial charge in [0, 0.05) is 16.2 Å². The van der Waals surface area contributed by atoms with Crippen LogP contribution in [-0.4, -0.2) is 10.9 Å². The van der Waals surface area contributed by atoms with E-state index in [1.807, 2.05) is 6.92 Å². The van der Waals surface area contributed by atoms with Crippen molar-refractivity contribution >= 4 is 39.3 Å². The summed E-state index contributed by atoms with van der Waals surface area (Å²) in [5.41, 5.74) is 1.12. The van der Waals surface area contributed by atoms with Crippen LogP contribution in [-0.2, 0) is 0 Å². The molecule has 19 heavy (non-hydrogen) atoms. The molecule has 0 aliphatic carbocycles. The van der Waals surface area contributed by atoms with Gasteiger partial charge in [0.2, 0.25) is 0 Å². The van der Waals surface area contributed by atoms with Crippen LogP contribution in [0.25, 0.3) is 0 Å². The molecule has 0 fully saturated rings. The van der Waals surface area contributed by atoms with E-state index in [4.69, 9.17) is 11.6 Å². The number of halogens is 3. The number of aryl methyl sites for hydroxylation is 1. The van der Waals surface area contributed by atoms with Crippen molar-refractivity contribution in [1.82, 2.24) is 4.98 Å². The fraction of sp³-hybridized carbons (Fsp3) is 0.0769. The summed E-state index contributed by atoms with van der Waals surface area (Å²) in [6.45, 7) is 1.88. The number of carbonyl (C=O) groups is 1. The zero-order valence-corrected chi connectivity index (χ0v) is 12.2. The lowest BCUT2D eigenvalue weighted by Crippen LogP contribution is -2.13. The molecule has 0 unspecified atom stereocenters. The molecule has 1 heterocycles. The number of nitrogens with zero attached hydrogens (tertiary/aromatic N) is 1. The van der Waals surface area contributed by atoms with Crippen LogP contribution < -0.4 is 5.32 Å². The molecule has 0 atom stereocenters. The van der Waals surface area contributed by atoms with E-state index in [1.165, 1.54) is 12.1 Å². The molecule has 0 spiro atoms. The quantitative estimate of drug-likeness (QED) is 0.888. The van der Waals surface area contributed by atoms with Gasteiger partial charge < -0.3 is 5.32 Å². The highest BCUT2D eigenvalue weighted by molar-refractivity contribution is 9.10. The van der Waals surface area contributed by atoms with Gasteiger partial charge in [0.25, 0.3) is 5.91 Å². The van der Waals surface area contributed by atoms with E-state index in [2.05, 4.69) is 26.2 Å². The molecule has 0 saturated carbocycles. The molecule has 3 nitrogen and oxygen atoms in total. The zero-order chi connectivity index (χ0) is 14.0. The zero-order valence-electron chi connectivity index (χ0n) is 9.88. The Morgan fingerprint density at radius 3 is 2.79 bits per heavy atom. The first-order chi connectivity index (χ1) is 8.97. The van der Waals surface area contributed by atoms with E-state index in [1.54, 1.807) is 12.3 Å². The number of aromatic nitrogens is 1. The first-order valence-corrected chi connectivity index (χ1v) is 6.53. The number of rotatable bonds is 2. The highest BCUT2D eigenvalue weighted by Gasteiger charge is 2.10. The average molecular weight is 344 g/mol. The molecule has 2 aromatic rings. The summed E-state index contributed by atoms with van der Waals surface area (Å²) in [7, 11) is 0. The van der Waals surface area contributed by atoms with Crippen molar-refractivity contribution in [3.8, 4) is 0 Å². The van der Waals surface area contributed by atoms with Crippen LogP contribution in [0.2, 0.25) is 5.02 Å². The molecule has 1 amide bonds. The lowest BCUT2D eigenvalue weighted by Gasteiger charge is -2.06. The van der Waals surface area contributed by atoms with Gasteiger partial charge in [-0.1, -0.05) is 11.6 Å². The Hall–Kier alpha value is -1.46. The molecule has 0 radical (unpaired) electrons. The number of amides is 1. The maximum atomic E-state index is 13.3. The summed E-state index contributed by atoms with van der Waals surface area (Å²) in [4.78, 5) is 15.9. The van der Waals surface area contributed by atoms with E-state index in [9.17, 15) is 9.18 Å². The van der Waals surface area contributed by atoms with Gasteiger partial charge in [-0.25, -0.2) is 9.37 Å². The van der Waals surface area contributed by atoms with Gasteiger partial charge in [-0.15, -0.1) is 0 Å². The van der Waals surface area contributed by atoms with E-state index in [-0.39, 0.29) is 10.6 Å². The number of carbonyl (C=O) groups excluding carboxylic acids is 1. The molecule has 0 aliphatic heterocycles. The Labute approximate surface area is 122 Å². The minimum absolute atomic E-state index is 0.0193. The molecule has 1 aromatic carbocycles. The predicted molar refractivity (Wildman–Crippen MR) is 76.0 cm³/mol. The van der Waals surface area contributed by atoms with Gasteiger partial charge in [-0.2, -0.15) is 0 Å². The molecular formula is C13H9BrClFN2O. The third kappa shape index (κ3) is 3.30. The largest absolute Gasteiger partial charge is 0.307 e. The smallest absolute Gasteiger partial charge is 0.256 e. The molecular weight excluding hydrogens is 335 g/mol. The van der Waals surface area contributed by atoms with Crippen molar-refractivity contribution in [3.05, 3.63) is 56.9 Å². The van der Waals surface area contributed by atoms with E-state index >= 15 is 0 Å². The summed E-state index contributed by atoms with van der Waals surface area (Å²) in [5.74, 6) is -0.667. The second-order valence-electron chi connectivity index (χ2n) is 3.90. The Morgan fingerprint density at radius 1 is 1.42 bits per heavy atom. The Morgan fingerprint density at radius 2 is 2.16 bits per heavy atom. The lowest BCUT2D eigenvalue weighted by atomic mass is 10.2. The maximum absolute atomic E-state index is 13.3. The number of pyridine rings is 1. The van der Waals surface area contributed by atoms with Crippen LogP contribution in [0.15, 0.2) is 34.9 Å². The summed E-state index contributed by atoms with van der Waals surface area (Å²) in [5, 5.41) is 2.57. The standard InChI is InChI=1S/C13H9BrClFN2O/c1-7-4-12(17-6-9(7)14)18-13(19)8-2-3-10(15)11(16)5-8/h2-6H,1H3,(H,17,18,19). The van der Waals surface area contributed by atoms with Crippen molar-refractivity contribution in [3.63, 3.8) is 0 Å². The van der Waals surface area contributed by atoms with Crippen LogP contribution in [0.5, 0.6) is 0 Å². The minimum atomic E-state index is -0.630. The SMILES string of the molecule is Cc1cc(NC(=O)c2ccc(Cl)c(F)c2)ncc1Br. The maximum Gasteiger partial charge on any atom is 0.256 e. The Kier molecular flexibility index (Phi) is 4.17. The highest BCUT2D eigenvalue weighted by atomic mass is 79.9. The van der Waals surface area contributed by atoms with Crippen LogP contribution in [0.3, 0.4) is 0 Å². The molecule has 0 aliphatic rings. The Balaban J connectivity index is 2.20. The van der Waals surface area contributed by atoms with Crippen molar-refractivity contribution in [2.75, 3.05) is 5.32 Å². The molecule has 1 N–H and O–H groups in total. The molecule has 98 valence electrons. The summed E-state index contributed by atoms with van der Waals surface area (Å²) < 4.78 is 14.1. The summed E-state index contributed by atoms with van der Waals surface area (Å²) >= 11 is 8.88. The number of nitrogens with one attached hydrogen (secondary N) is 1. The van der Waals surface area contributed by atoms with Crippen LogP contribution in [0, 0.1) is 12.7 Å². The average Bonchev–Trinajstić information content (AvgIpc) is 2.37. The van der Waals surface area contributed by atoms with Crippen LogP contribution in [0.4, 0.5) is 10.2 Å². The number of anilines is 1. The third-order valence-corrected chi connectivity index (χ3v) is 3.61. The fourth-order valence-electron chi connectivity index (χ4n) is 1.43. The van der Waals surface area contributed by atoms with Crippen LogP contribution >= 0.6 is 27.5 Å². The van der Waals surface area contributed by atoms with Crippen LogP contribution in [0.1, 0.15) is 15.9 Å². The topological polar surface area (TPSA) is 42.0 Å². The second kappa shape index (κ2) is 5.67. The number of hydrogen-bond acceptors (Lipinski definition) is 2. The summed E-state index contributed by atoms with van der Waals surface area (Å²) in [6, 6.07) is 5.59. The van der Waals surface area contributed by atoms with Crippen molar-refractivity contribution in [2.45, 2.75) is 6.92 Å². The van der Waals surface area contributed by atoms with Gasteiger partial charge in [-0.05, 0) is 52.7 Å². The van der Waals surface area contributed by atoms with Gasteiger partial charge in [0.05, 0.1) is 5.02 Å². The normalized spacial score (nSPS) is 10.3. The van der Waals surface area contributed by atoms with Crippen molar-refractivity contribution < 1.29 is 9.18 Å². The van der Waals surface area contributed by atoms with Gasteiger partial charge in [-0.3, -0.25) is 4.79 Å². The second-order valence-corrected chi connectivity index (χ2v) is 5.16. The highest BCUT2D eigenvalue weighted by Crippen LogP contribution is 2.19. The van der Waals surface area contributed by atoms with E-state index in [0.29, 0.717) is 5.82 Å². The molecule has 6 heteroatoms. The third-order valence-electron chi connectivity index (χ3n) is 2.47. The molecule has 1 aromatic heterocycles.